The van der Waals surface area contributed by atoms with Gasteiger partial charge in [0.1, 0.15) is 23.9 Å². The van der Waals surface area contributed by atoms with Crippen molar-refractivity contribution in [1.29, 1.82) is 0 Å². The monoisotopic (exact) mass is 345 g/mol. The molecule has 0 aliphatic heterocycles. The van der Waals surface area contributed by atoms with E-state index in [-0.39, 0.29) is 17.8 Å². The van der Waals surface area contributed by atoms with Gasteiger partial charge >= 0.3 is 0 Å². The molecule has 0 aliphatic rings. The summed E-state index contributed by atoms with van der Waals surface area (Å²) in [4.78, 5) is 12.3. The highest BCUT2D eigenvalue weighted by Gasteiger charge is 2.20. The maximum Gasteiger partial charge on any atom is 0.261 e. The summed E-state index contributed by atoms with van der Waals surface area (Å²) >= 11 is 0. The molecule has 134 valence electrons. The summed E-state index contributed by atoms with van der Waals surface area (Å²) in [7, 11) is 0. The van der Waals surface area contributed by atoms with E-state index in [1.54, 1.807) is 0 Å². The molecule has 0 spiro atoms. The zero-order chi connectivity index (χ0) is 18.2. The van der Waals surface area contributed by atoms with Crippen molar-refractivity contribution in [2.75, 3.05) is 6.61 Å². The molecular formula is C20H24FNO3. The van der Waals surface area contributed by atoms with Crippen LogP contribution in [0.2, 0.25) is 0 Å². The second-order valence-corrected chi connectivity index (χ2v) is 6.00. The smallest absolute Gasteiger partial charge is 0.261 e. The highest BCUT2D eigenvalue weighted by Crippen LogP contribution is 2.15. The number of hydrogen-bond acceptors (Lipinski definition) is 3. The maximum absolute atomic E-state index is 12.9. The number of carbonyl (C=O) groups excluding carboxylic acids is 1. The Balaban J connectivity index is 1.83. The molecule has 1 N–H and O–H groups in total. The van der Waals surface area contributed by atoms with Crippen LogP contribution in [0, 0.1) is 12.7 Å². The van der Waals surface area contributed by atoms with Crippen LogP contribution in [0.25, 0.3) is 0 Å². The van der Waals surface area contributed by atoms with E-state index in [1.165, 1.54) is 24.3 Å². The summed E-state index contributed by atoms with van der Waals surface area (Å²) in [6.07, 6.45) is -0.123. The molecule has 4 nitrogen and oxygen atoms in total. The van der Waals surface area contributed by atoms with Crippen molar-refractivity contribution < 1.29 is 18.7 Å². The third-order valence-corrected chi connectivity index (χ3v) is 3.66. The number of carbonyl (C=O) groups is 1. The van der Waals surface area contributed by atoms with Crippen LogP contribution in [-0.2, 0) is 4.79 Å². The fourth-order valence-corrected chi connectivity index (χ4v) is 2.23. The van der Waals surface area contributed by atoms with Crippen molar-refractivity contribution in [3.05, 3.63) is 59.9 Å². The number of amides is 1. The van der Waals surface area contributed by atoms with Gasteiger partial charge in [-0.25, -0.2) is 4.39 Å². The Morgan fingerprint density at radius 1 is 1.08 bits per heavy atom. The molecule has 0 unspecified atom stereocenters. The lowest BCUT2D eigenvalue weighted by Gasteiger charge is -2.20. The van der Waals surface area contributed by atoms with E-state index in [4.69, 9.17) is 9.47 Å². The highest BCUT2D eigenvalue weighted by molar-refractivity contribution is 5.81. The lowest BCUT2D eigenvalue weighted by Crippen LogP contribution is -2.44. The van der Waals surface area contributed by atoms with E-state index >= 15 is 0 Å². The summed E-state index contributed by atoms with van der Waals surface area (Å²) in [6.45, 7) is 6.11. The van der Waals surface area contributed by atoms with Crippen LogP contribution in [0.4, 0.5) is 4.39 Å². The fourth-order valence-electron chi connectivity index (χ4n) is 2.23. The molecule has 0 fully saturated rings. The molecular weight excluding hydrogens is 321 g/mol. The average molecular weight is 345 g/mol. The minimum Gasteiger partial charge on any atom is -0.491 e. The van der Waals surface area contributed by atoms with Crippen LogP contribution in [-0.4, -0.2) is 24.7 Å². The van der Waals surface area contributed by atoms with E-state index < -0.39 is 6.10 Å². The number of aryl methyl sites for hydroxylation is 1. The maximum atomic E-state index is 12.9. The molecule has 2 atom stereocenters. The SMILES string of the molecule is CC[C@H](Oc1ccc(F)cc1)C(=O)N[C@@H](C)COc1ccc(C)cc1. The van der Waals surface area contributed by atoms with Gasteiger partial charge in [-0.1, -0.05) is 24.6 Å². The first-order valence-corrected chi connectivity index (χ1v) is 8.40. The Kier molecular flexibility index (Phi) is 6.81. The Bertz CT molecular complexity index is 670. The number of halogens is 1. The van der Waals surface area contributed by atoms with Gasteiger partial charge in [0.2, 0.25) is 0 Å². The molecule has 0 heterocycles. The molecule has 0 radical (unpaired) electrons. The van der Waals surface area contributed by atoms with Crippen LogP contribution in [0.5, 0.6) is 11.5 Å². The molecule has 0 saturated carbocycles. The summed E-state index contributed by atoms with van der Waals surface area (Å²) < 4.78 is 24.2. The van der Waals surface area contributed by atoms with E-state index in [0.717, 1.165) is 11.3 Å². The standard InChI is InChI=1S/C20H24FNO3/c1-4-19(25-18-11-7-16(21)8-12-18)20(23)22-15(3)13-24-17-9-5-14(2)6-10-17/h5-12,15,19H,4,13H2,1-3H3,(H,22,23)/t15-,19-/m0/s1. The van der Waals surface area contributed by atoms with Crippen LogP contribution < -0.4 is 14.8 Å². The van der Waals surface area contributed by atoms with Crippen molar-refractivity contribution in [1.82, 2.24) is 5.32 Å². The lowest BCUT2D eigenvalue weighted by molar-refractivity contribution is -0.128. The van der Waals surface area contributed by atoms with Crippen LogP contribution >= 0.6 is 0 Å². The molecule has 1 amide bonds. The molecule has 0 saturated heterocycles. The third-order valence-electron chi connectivity index (χ3n) is 3.66. The molecule has 2 aromatic rings. The number of nitrogens with one attached hydrogen (secondary N) is 1. The first-order chi connectivity index (χ1) is 12.0. The van der Waals surface area contributed by atoms with Crippen LogP contribution in [0.1, 0.15) is 25.8 Å². The number of hydrogen-bond donors (Lipinski definition) is 1. The van der Waals surface area contributed by atoms with Crippen molar-refractivity contribution in [3.8, 4) is 11.5 Å². The zero-order valence-electron chi connectivity index (χ0n) is 14.8. The topological polar surface area (TPSA) is 47.6 Å². The van der Waals surface area contributed by atoms with Crippen molar-refractivity contribution in [2.24, 2.45) is 0 Å². The summed E-state index contributed by atoms with van der Waals surface area (Å²) in [6, 6.07) is 13.2. The first kappa shape index (κ1) is 18.8. The van der Waals surface area contributed by atoms with E-state index in [1.807, 2.05) is 45.0 Å². The summed E-state index contributed by atoms with van der Waals surface area (Å²) in [5.41, 5.74) is 1.16. The van der Waals surface area contributed by atoms with Crippen molar-refractivity contribution >= 4 is 5.91 Å². The molecule has 0 aliphatic carbocycles. The van der Waals surface area contributed by atoms with Gasteiger partial charge in [0.25, 0.3) is 5.91 Å². The Morgan fingerprint density at radius 3 is 2.28 bits per heavy atom. The normalized spacial score (nSPS) is 13.0. The fraction of sp³-hybridized carbons (Fsp3) is 0.350. The third kappa shape index (κ3) is 6.10. The molecule has 2 aromatic carbocycles. The van der Waals surface area contributed by atoms with E-state index in [0.29, 0.717) is 18.8 Å². The van der Waals surface area contributed by atoms with Gasteiger partial charge in [-0.2, -0.15) is 0 Å². The second kappa shape index (κ2) is 9.06. The van der Waals surface area contributed by atoms with Crippen LogP contribution in [0.15, 0.2) is 48.5 Å². The van der Waals surface area contributed by atoms with Crippen molar-refractivity contribution in [3.63, 3.8) is 0 Å². The van der Waals surface area contributed by atoms with Gasteiger partial charge in [0.05, 0.1) is 6.04 Å². The Hall–Kier alpha value is -2.56. The first-order valence-electron chi connectivity index (χ1n) is 8.40. The average Bonchev–Trinajstić information content (AvgIpc) is 2.60. The summed E-state index contributed by atoms with van der Waals surface area (Å²) in [5.74, 6) is 0.673. The van der Waals surface area contributed by atoms with Gasteiger partial charge < -0.3 is 14.8 Å². The highest BCUT2D eigenvalue weighted by atomic mass is 19.1. The zero-order valence-corrected chi connectivity index (χ0v) is 14.8. The molecule has 0 aromatic heterocycles. The molecule has 5 heteroatoms. The summed E-state index contributed by atoms with van der Waals surface area (Å²) in [5, 5.41) is 2.88. The lowest BCUT2D eigenvalue weighted by atomic mass is 10.2. The Labute approximate surface area is 148 Å². The predicted molar refractivity (Wildman–Crippen MR) is 95.4 cm³/mol. The minimum atomic E-state index is -0.632. The van der Waals surface area contributed by atoms with Crippen molar-refractivity contribution in [2.45, 2.75) is 39.3 Å². The number of rotatable bonds is 8. The molecule has 25 heavy (non-hydrogen) atoms. The van der Waals surface area contributed by atoms with Gasteiger partial charge in [-0.3, -0.25) is 4.79 Å². The number of ether oxygens (including phenoxy) is 2. The van der Waals surface area contributed by atoms with Gasteiger partial charge in [-0.15, -0.1) is 0 Å². The van der Waals surface area contributed by atoms with Crippen LogP contribution in [0.3, 0.4) is 0 Å². The minimum absolute atomic E-state index is 0.167. The van der Waals surface area contributed by atoms with Gasteiger partial charge in [-0.05, 0) is 56.7 Å². The largest absolute Gasteiger partial charge is 0.491 e. The van der Waals surface area contributed by atoms with E-state index in [2.05, 4.69) is 5.32 Å². The van der Waals surface area contributed by atoms with Gasteiger partial charge in [0, 0.05) is 0 Å². The molecule has 0 bridgehead atoms. The second-order valence-electron chi connectivity index (χ2n) is 6.00. The Morgan fingerprint density at radius 2 is 1.68 bits per heavy atom. The van der Waals surface area contributed by atoms with Gasteiger partial charge in [0.15, 0.2) is 6.10 Å². The van der Waals surface area contributed by atoms with E-state index in [9.17, 15) is 9.18 Å². The number of benzene rings is 2. The quantitative estimate of drug-likeness (QED) is 0.790. The molecule has 2 rings (SSSR count). The predicted octanol–water partition coefficient (Wildman–Crippen LogP) is 3.88.